The van der Waals surface area contributed by atoms with E-state index in [1.54, 1.807) is 25.1 Å². The molecule has 0 aliphatic rings. The summed E-state index contributed by atoms with van der Waals surface area (Å²) >= 11 is 0. The first-order chi connectivity index (χ1) is 7.56. The smallest absolute Gasteiger partial charge is 0.338 e. The quantitative estimate of drug-likeness (QED) is 0.708. The molecular formula is C11H14N2O3. The van der Waals surface area contributed by atoms with E-state index in [9.17, 15) is 9.59 Å². The largest absolute Gasteiger partial charge is 0.478 e. The monoisotopic (exact) mass is 222 g/mol. The maximum absolute atomic E-state index is 11.3. The summed E-state index contributed by atoms with van der Waals surface area (Å²) in [6.45, 7) is 1.92. The number of rotatable bonds is 4. The van der Waals surface area contributed by atoms with Gasteiger partial charge in [-0.15, -0.1) is 0 Å². The molecule has 0 aliphatic heterocycles. The van der Waals surface area contributed by atoms with Crippen LogP contribution in [-0.2, 0) is 4.79 Å². The Morgan fingerprint density at radius 2 is 2.12 bits per heavy atom. The highest BCUT2D eigenvalue weighted by molar-refractivity contribution is 6.01. The van der Waals surface area contributed by atoms with Gasteiger partial charge in [-0.3, -0.25) is 4.79 Å². The maximum Gasteiger partial charge on any atom is 0.338 e. The molecule has 16 heavy (non-hydrogen) atoms. The first-order valence-electron chi connectivity index (χ1n) is 4.89. The maximum atomic E-state index is 11.3. The Kier molecular flexibility index (Phi) is 4.02. The molecule has 0 saturated heterocycles. The average molecular weight is 222 g/mol. The van der Waals surface area contributed by atoms with Crippen LogP contribution in [0.4, 0.5) is 5.69 Å². The second-order valence-electron chi connectivity index (χ2n) is 3.39. The molecule has 0 aromatic heterocycles. The van der Waals surface area contributed by atoms with Gasteiger partial charge >= 0.3 is 5.97 Å². The number of carbonyl (C=O) groups is 2. The van der Waals surface area contributed by atoms with Gasteiger partial charge in [0.25, 0.3) is 0 Å². The van der Waals surface area contributed by atoms with Crippen LogP contribution in [-0.4, -0.2) is 23.5 Å². The van der Waals surface area contributed by atoms with Crippen molar-refractivity contribution in [1.29, 1.82) is 0 Å². The topological polar surface area (TPSA) is 92.4 Å². The number of nitrogens with two attached hydrogens (primary N) is 1. The number of carboxylic acids is 1. The predicted octanol–water partition coefficient (Wildman–Crippen LogP) is 0.981. The second-order valence-corrected chi connectivity index (χ2v) is 3.39. The summed E-state index contributed by atoms with van der Waals surface area (Å²) in [5.41, 5.74) is 6.27. The summed E-state index contributed by atoms with van der Waals surface area (Å²) in [5, 5.41) is 11.5. The minimum Gasteiger partial charge on any atom is -0.478 e. The van der Waals surface area contributed by atoms with Crippen molar-refractivity contribution in [3.8, 4) is 0 Å². The predicted molar refractivity (Wildman–Crippen MR) is 60.4 cm³/mol. The van der Waals surface area contributed by atoms with Crippen LogP contribution in [0, 0.1) is 6.92 Å². The molecule has 5 nitrogen and oxygen atoms in total. The van der Waals surface area contributed by atoms with E-state index in [0.29, 0.717) is 11.3 Å². The number of hydrogen-bond donors (Lipinski definition) is 3. The van der Waals surface area contributed by atoms with Crippen LogP contribution < -0.4 is 11.1 Å². The molecule has 0 fully saturated rings. The third-order valence-corrected chi connectivity index (χ3v) is 2.13. The molecule has 4 N–H and O–H groups in total. The second kappa shape index (κ2) is 5.27. The van der Waals surface area contributed by atoms with Gasteiger partial charge in [0.1, 0.15) is 0 Å². The van der Waals surface area contributed by atoms with Gasteiger partial charge in [0.05, 0.1) is 11.3 Å². The minimum atomic E-state index is -1.05. The highest BCUT2D eigenvalue weighted by atomic mass is 16.4. The number of aryl methyl sites for hydroxylation is 1. The summed E-state index contributed by atoms with van der Waals surface area (Å²) in [7, 11) is 0. The molecule has 0 aliphatic carbocycles. The average Bonchev–Trinajstić information content (AvgIpc) is 2.17. The van der Waals surface area contributed by atoms with E-state index in [1.807, 2.05) is 0 Å². The SMILES string of the molecule is Cc1cccc(NC(=O)CCN)c1C(=O)O. The number of nitrogens with one attached hydrogen (secondary N) is 1. The van der Waals surface area contributed by atoms with E-state index in [2.05, 4.69) is 5.32 Å². The fraction of sp³-hybridized carbons (Fsp3) is 0.273. The van der Waals surface area contributed by atoms with Crippen LogP contribution in [0.15, 0.2) is 18.2 Å². The first-order valence-corrected chi connectivity index (χ1v) is 4.89. The van der Waals surface area contributed by atoms with Gasteiger partial charge in [-0.1, -0.05) is 12.1 Å². The Labute approximate surface area is 93.3 Å². The molecule has 1 aromatic rings. The van der Waals surface area contributed by atoms with Gasteiger partial charge in [-0.05, 0) is 18.6 Å². The lowest BCUT2D eigenvalue weighted by atomic mass is 10.1. The van der Waals surface area contributed by atoms with E-state index < -0.39 is 5.97 Å². The molecule has 0 saturated carbocycles. The van der Waals surface area contributed by atoms with Gasteiger partial charge in [0, 0.05) is 13.0 Å². The van der Waals surface area contributed by atoms with Crippen LogP contribution in [0.1, 0.15) is 22.3 Å². The highest BCUT2D eigenvalue weighted by Crippen LogP contribution is 2.19. The summed E-state index contributed by atoms with van der Waals surface area (Å²) in [5.74, 6) is -1.34. The van der Waals surface area contributed by atoms with Crippen LogP contribution in [0.2, 0.25) is 0 Å². The summed E-state index contributed by atoms with van der Waals surface area (Å²) < 4.78 is 0. The fourth-order valence-corrected chi connectivity index (χ4v) is 1.40. The molecule has 0 atom stereocenters. The Hall–Kier alpha value is -1.88. The van der Waals surface area contributed by atoms with Gasteiger partial charge in [0.15, 0.2) is 0 Å². The van der Waals surface area contributed by atoms with E-state index in [0.717, 1.165) is 0 Å². The standard InChI is InChI=1S/C11H14N2O3/c1-7-3-2-4-8(10(7)11(15)16)13-9(14)5-6-12/h2-4H,5-6,12H2,1H3,(H,13,14)(H,15,16). The molecule has 1 aromatic carbocycles. The lowest BCUT2D eigenvalue weighted by Gasteiger charge is -2.09. The normalized spacial score (nSPS) is 9.88. The van der Waals surface area contributed by atoms with Crippen LogP contribution in [0.25, 0.3) is 0 Å². The van der Waals surface area contributed by atoms with Crippen LogP contribution in [0.3, 0.4) is 0 Å². The molecule has 0 heterocycles. The molecular weight excluding hydrogens is 208 g/mol. The number of aromatic carboxylic acids is 1. The van der Waals surface area contributed by atoms with E-state index in [-0.39, 0.29) is 24.4 Å². The van der Waals surface area contributed by atoms with Gasteiger partial charge in [-0.2, -0.15) is 0 Å². The number of amides is 1. The molecule has 86 valence electrons. The van der Waals surface area contributed by atoms with E-state index >= 15 is 0 Å². The van der Waals surface area contributed by atoms with Crippen molar-refractivity contribution in [2.24, 2.45) is 5.73 Å². The Morgan fingerprint density at radius 1 is 1.44 bits per heavy atom. The molecule has 5 heteroatoms. The number of benzene rings is 1. The molecule has 0 spiro atoms. The molecule has 1 amide bonds. The third kappa shape index (κ3) is 2.80. The molecule has 1 rings (SSSR count). The highest BCUT2D eigenvalue weighted by Gasteiger charge is 2.14. The molecule has 0 bridgehead atoms. The van der Waals surface area contributed by atoms with Crippen molar-refractivity contribution in [1.82, 2.24) is 0 Å². The number of hydrogen-bond acceptors (Lipinski definition) is 3. The lowest BCUT2D eigenvalue weighted by molar-refractivity contribution is -0.116. The van der Waals surface area contributed by atoms with Crippen molar-refractivity contribution in [2.75, 3.05) is 11.9 Å². The minimum absolute atomic E-state index is 0.118. The first kappa shape index (κ1) is 12.2. The zero-order valence-corrected chi connectivity index (χ0v) is 8.99. The zero-order chi connectivity index (χ0) is 12.1. The number of carbonyl (C=O) groups excluding carboxylic acids is 1. The summed E-state index contributed by atoms with van der Waals surface area (Å²) in [4.78, 5) is 22.3. The number of carboxylic acid groups (broad SMARTS) is 1. The van der Waals surface area contributed by atoms with E-state index in [1.165, 1.54) is 0 Å². The summed E-state index contributed by atoms with van der Waals surface area (Å²) in [6, 6.07) is 4.94. The Bertz CT molecular complexity index is 416. The van der Waals surface area contributed by atoms with E-state index in [4.69, 9.17) is 10.8 Å². The van der Waals surface area contributed by atoms with Crippen molar-refractivity contribution < 1.29 is 14.7 Å². The van der Waals surface area contributed by atoms with Crippen molar-refractivity contribution in [2.45, 2.75) is 13.3 Å². The van der Waals surface area contributed by atoms with Gasteiger partial charge < -0.3 is 16.2 Å². The fourth-order valence-electron chi connectivity index (χ4n) is 1.40. The molecule has 0 unspecified atom stereocenters. The van der Waals surface area contributed by atoms with Crippen molar-refractivity contribution in [3.63, 3.8) is 0 Å². The van der Waals surface area contributed by atoms with Crippen molar-refractivity contribution in [3.05, 3.63) is 29.3 Å². The zero-order valence-electron chi connectivity index (χ0n) is 8.99. The third-order valence-electron chi connectivity index (χ3n) is 2.13. The number of anilines is 1. The van der Waals surface area contributed by atoms with Gasteiger partial charge in [-0.25, -0.2) is 4.79 Å². The van der Waals surface area contributed by atoms with Crippen LogP contribution in [0.5, 0.6) is 0 Å². The van der Waals surface area contributed by atoms with Crippen LogP contribution >= 0.6 is 0 Å². The van der Waals surface area contributed by atoms with Crippen molar-refractivity contribution >= 4 is 17.6 Å². The molecule has 0 radical (unpaired) electrons. The van der Waals surface area contributed by atoms with Gasteiger partial charge in [0.2, 0.25) is 5.91 Å². The Balaban J connectivity index is 3.00. The Morgan fingerprint density at radius 3 is 2.69 bits per heavy atom. The summed E-state index contributed by atoms with van der Waals surface area (Å²) in [6.07, 6.45) is 0.174. The lowest BCUT2D eigenvalue weighted by Crippen LogP contribution is -2.18.